The van der Waals surface area contributed by atoms with Crippen LogP contribution in [0, 0.1) is 12.7 Å². The van der Waals surface area contributed by atoms with Gasteiger partial charge in [0, 0.05) is 6.42 Å². The molecule has 0 spiro atoms. The van der Waals surface area contributed by atoms with E-state index in [1.165, 1.54) is 0 Å². The summed E-state index contributed by atoms with van der Waals surface area (Å²) in [5.74, 6) is -0.0517. The molecule has 0 atom stereocenters. The summed E-state index contributed by atoms with van der Waals surface area (Å²) in [7, 11) is 0. The molecule has 0 aliphatic heterocycles. The minimum Gasteiger partial charge on any atom is -0.300 e. The SMILES string of the molecule is CCCc1cc(F)c(C)cc1CC(C)=O. The highest BCUT2D eigenvalue weighted by atomic mass is 19.1. The number of hydrogen-bond donors (Lipinski definition) is 0. The van der Waals surface area contributed by atoms with Crippen molar-refractivity contribution in [2.45, 2.75) is 40.0 Å². The molecule has 0 aliphatic carbocycles. The number of hydrogen-bond acceptors (Lipinski definition) is 1. The number of halogens is 1. The Morgan fingerprint density at radius 1 is 1.33 bits per heavy atom. The third-order valence-corrected chi connectivity index (χ3v) is 2.44. The monoisotopic (exact) mass is 208 g/mol. The van der Waals surface area contributed by atoms with Crippen LogP contribution in [0.2, 0.25) is 0 Å². The molecule has 0 N–H and O–H groups in total. The zero-order valence-electron chi connectivity index (χ0n) is 9.56. The second-order valence-corrected chi connectivity index (χ2v) is 4.00. The van der Waals surface area contributed by atoms with Gasteiger partial charge in [0.25, 0.3) is 0 Å². The molecule has 2 heteroatoms. The number of ketones is 1. The maximum Gasteiger partial charge on any atom is 0.134 e. The van der Waals surface area contributed by atoms with Crippen molar-refractivity contribution in [1.82, 2.24) is 0 Å². The summed E-state index contributed by atoms with van der Waals surface area (Å²) in [5.41, 5.74) is 2.56. The van der Waals surface area contributed by atoms with E-state index in [1.54, 1.807) is 26.0 Å². The molecule has 0 aromatic heterocycles. The smallest absolute Gasteiger partial charge is 0.134 e. The summed E-state index contributed by atoms with van der Waals surface area (Å²) in [6.45, 7) is 5.35. The number of benzene rings is 1. The standard InChI is InChI=1S/C13H17FO/c1-4-5-11-8-13(14)9(2)6-12(11)7-10(3)15/h6,8H,4-5,7H2,1-3H3. The van der Waals surface area contributed by atoms with Gasteiger partial charge in [0.15, 0.2) is 0 Å². The fraction of sp³-hybridized carbons (Fsp3) is 0.462. The fourth-order valence-electron chi connectivity index (χ4n) is 1.72. The van der Waals surface area contributed by atoms with Crippen molar-refractivity contribution in [3.05, 3.63) is 34.6 Å². The van der Waals surface area contributed by atoms with E-state index in [0.717, 1.165) is 24.0 Å². The zero-order valence-corrected chi connectivity index (χ0v) is 9.56. The lowest BCUT2D eigenvalue weighted by Crippen LogP contribution is -2.03. The summed E-state index contributed by atoms with van der Waals surface area (Å²) in [5, 5.41) is 0. The Kier molecular flexibility index (Phi) is 4.01. The molecule has 0 fully saturated rings. The van der Waals surface area contributed by atoms with E-state index in [9.17, 15) is 9.18 Å². The minimum absolute atomic E-state index is 0.123. The van der Waals surface area contributed by atoms with E-state index in [1.807, 2.05) is 0 Å². The average molecular weight is 208 g/mol. The summed E-state index contributed by atoms with van der Waals surface area (Å²) in [6, 6.07) is 3.36. The molecule has 15 heavy (non-hydrogen) atoms. The van der Waals surface area contributed by atoms with Crippen LogP contribution in [0.4, 0.5) is 4.39 Å². The second-order valence-electron chi connectivity index (χ2n) is 4.00. The van der Waals surface area contributed by atoms with Crippen LogP contribution in [0.1, 0.15) is 37.0 Å². The van der Waals surface area contributed by atoms with E-state index in [-0.39, 0.29) is 11.6 Å². The first-order chi connectivity index (χ1) is 7.04. The quantitative estimate of drug-likeness (QED) is 0.742. The summed E-state index contributed by atoms with van der Waals surface area (Å²) >= 11 is 0. The highest BCUT2D eigenvalue weighted by Crippen LogP contribution is 2.18. The average Bonchev–Trinajstić information content (AvgIpc) is 2.13. The number of carbonyl (C=O) groups excluding carboxylic acids is 1. The van der Waals surface area contributed by atoms with Crippen LogP contribution in [0.3, 0.4) is 0 Å². The zero-order chi connectivity index (χ0) is 11.4. The molecule has 0 bridgehead atoms. The van der Waals surface area contributed by atoms with Gasteiger partial charge in [0.05, 0.1) is 0 Å². The van der Waals surface area contributed by atoms with Crippen molar-refractivity contribution in [3.8, 4) is 0 Å². The molecule has 1 rings (SSSR count). The summed E-state index contributed by atoms with van der Waals surface area (Å²) in [4.78, 5) is 11.1. The van der Waals surface area contributed by atoms with Crippen LogP contribution in [-0.2, 0) is 17.6 Å². The first-order valence-corrected chi connectivity index (χ1v) is 5.32. The van der Waals surface area contributed by atoms with E-state index in [0.29, 0.717) is 12.0 Å². The molecule has 1 aromatic rings. The van der Waals surface area contributed by atoms with Crippen LogP contribution in [0.5, 0.6) is 0 Å². The molecule has 0 saturated heterocycles. The third-order valence-electron chi connectivity index (χ3n) is 2.44. The Morgan fingerprint density at radius 3 is 2.53 bits per heavy atom. The van der Waals surface area contributed by atoms with Gasteiger partial charge in [-0.05, 0) is 43.0 Å². The molecular formula is C13H17FO. The van der Waals surface area contributed by atoms with Crippen LogP contribution in [-0.4, -0.2) is 5.78 Å². The lowest BCUT2D eigenvalue weighted by atomic mass is 9.97. The Balaban J connectivity index is 3.09. The number of carbonyl (C=O) groups is 1. The predicted molar refractivity (Wildman–Crippen MR) is 59.5 cm³/mol. The maximum absolute atomic E-state index is 13.3. The largest absolute Gasteiger partial charge is 0.300 e. The van der Waals surface area contributed by atoms with Crippen molar-refractivity contribution in [3.63, 3.8) is 0 Å². The van der Waals surface area contributed by atoms with Crippen molar-refractivity contribution in [2.24, 2.45) is 0 Å². The molecule has 0 radical (unpaired) electrons. The van der Waals surface area contributed by atoms with E-state index >= 15 is 0 Å². The van der Waals surface area contributed by atoms with Gasteiger partial charge in [0.1, 0.15) is 11.6 Å². The Bertz CT molecular complexity index is 369. The van der Waals surface area contributed by atoms with E-state index in [2.05, 4.69) is 6.92 Å². The van der Waals surface area contributed by atoms with Crippen molar-refractivity contribution < 1.29 is 9.18 Å². The molecule has 0 heterocycles. The molecular weight excluding hydrogens is 191 g/mol. The van der Waals surface area contributed by atoms with Gasteiger partial charge in [-0.15, -0.1) is 0 Å². The topological polar surface area (TPSA) is 17.1 Å². The van der Waals surface area contributed by atoms with Crippen molar-refractivity contribution in [1.29, 1.82) is 0 Å². The normalized spacial score (nSPS) is 10.4. The molecule has 0 amide bonds. The Labute approximate surface area is 90.3 Å². The first kappa shape index (κ1) is 11.9. The fourth-order valence-corrected chi connectivity index (χ4v) is 1.72. The van der Waals surface area contributed by atoms with E-state index < -0.39 is 0 Å². The van der Waals surface area contributed by atoms with Crippen LogP contribution in [0.15, 0.2) is 12.1 Å². The van der Waals surface area contributed by atoms with Gasteiger partial charge >= 0.3 is 0 Å². The molecule has 1 nitrogen and oxygen atoms in total. The van der Waals surface area contributed by atoms with Gasteiger partial charge in [0.2, 0.25) is 0 Å². The Morgan fingerprint density at radius 2 is 2.00 bits per heavy atom. The summed E-state index contributed by atoms with van der Waals surface area (Å²) < 4.78 is 13.3. The molecule has 1 aromatic carbocycles. The van der Waals surface area contributed by atoms with Gasteiger partial charge < -0.3 is 0 Å². The lowest BCUT2D eigenvalue weighted by molar-refractivity contribution is -0.116. The highest BCUT2D eigenvalue weighted by Gasteiger charge is 2.08. The number of Topliss-reactive ketones (excluding diaryl/α,β-unsaturated/α-hetero) is 1. The van der Waals surface area contributed by atoms with Crippen LogP contribution in [0.25, 0.3) is 0 Å². The highest BCUT2D eigenvalue weighted by molar-refractivity contribution is 5.78. The second kappa shape index (κ2) is 5.06. The third kappa shape index (κ3) is 3.15. The Hall–Kier alpha value is -1.18. The summed E-state index contributed by atoms with van der Waals surface area (Å²) in [6.07, 6.45) is 2.21. The first-order valence-electron chi connectivity index (χ1n) is 5.32. The van der Waals surface area contributed by atoms with Gasteiger partial charge in [-0.1, -0.05) is 19.4 Å². The number of rotatable bonds is 4. The van der Waals surface area contributed by atoms with Crippen molar-refractivity contribution in [2.75, 3.05) is 0 Å². The maximum atomic E-state index is 13.3. The lowest BCUT2D eigenvalue weighted by Gasteiger charge is -2.09. The van der Waals surface area contributed by atoms with Gasteiger partial charge in [-0.3, -0.25) is 4.79 Å². The molecule has 82 valence electrons. The predicted octanol–water partition coefficient (Wildman–Crippen LogP) is 3.22. The molecule has 0 saturated carbocycles. The molecule has 0 aliphatic rings. The van der Waals surface area contributed by atoms with Gasteiger partial charge in [-0.2, -0.15) is 0 Å². The molecule has 0 unspecified atom stereocenters. The number of aryl methyl sites for hydroxylation is 2. The minimum atomic E-state index is -0.175. The van der Waals surface area contributed by atoms with E-state index in [4.69, 9.17) is 0 Å². The van der Waals surface area contributed by atoms with Crippen molar-refractivity contribution >= 4 is 5.78 Å². The van der Waals surface area contributed by atoms with Gasteiger partial charge in [-0.25, -0.2) is 4.39 Å². The van der Waals surface area contributed by atoms with Crippen LogP contribution >= 0.6 is 0 Å². The van der Waals surface area contributed by atoms with Crippen LogP contribution < -0.4 is 0 Å².